The van der Waals surface area contributed by atoms with E-state index in [2.05, 4.69) is 0 Å². The van der Waals surface area contributed by atoms with Crippen LogP contribution < -0.4 is 0 Å². The molecule has 2 aliphatic rings. The summed E-state index contributed by atoms with van der Waals surface area (Å²) >= 11 is 0. The van der Waals surface area contributed by atoms with E-state index in [0.717, 1.165) is 19.3 Å². The minimum atomic E-state index is -0.454. The Morgan fingerprint density at radius 2 is 2.13 bits per heavy atom. The highest BCUT2D eigenvalue weighted by molar-refractivity contribution is 6.00. The molecule has 0 aromatic heterocycles. The molecular formula is C12H18O3. The van der Waals surface area contributed by atoms with E-state index in [1.165, 1.54) is 6.42 Å². The third-order valence-electron chi connectivity index (χ3n) is 3.77. The van der Waals surface area contributed by atoms with E-state index in [0.29, 0.717) is 18.9 Å². The van der Waals surface area contributed by atoms with Crippen LogP contribution in [0.4, 0.5) is 0 Å². The Bertz CT molecular complexity index is 272. The van der Waals surface area contributed by atoms with Crippen LogP contribution in [0, 0.1) is 17.8 Å². The van der Waals surface area contributed by atoms with Gasteiger partial charge in [-0.15, -0.1) is 0 Å². The molecule has 0 aliphatic heterocycles. The Morgan fingerprint density at radius 1 is 1.33 bits per heavy atom. The fraction of sp³-hybridized carbons (Fsp3) is 0.833. The van der Waals surface area contributed by atoms with Gasteiger partial charge in [-0.25, -0.2) is 0 Å². The average Bonchev–Trinajstić information content (AvgIpc) is 2.67. The summed E-state index contributed by atoms with van der Waals surface area (Å²) in [4.78, 5) is 23.6. The summed E-state index contributed by atoms with van der Waals surface area (Å²) in [6.45, 7) is 2.15. The van der Waals surface area contributed by atoms with E-state index < -0.39 is 5.92 Å². The number of Topliss-reactive ketones (excluding diaryl/α,β-unsaturated/α-hetero) is 1. The summed E-state index contributed by atoms with van der Waals surface area (Å²) in [5, 5.41) is 0. The standard InChI is InChI=1S/C12H18O3/c1-2-15-12(14)10-7-6-8-4-3-5-9(8)11(10)13/h8-10H,2-7H2,1H3. The van der Waals surface area contributed by atoms with Gasteiger partial charge < -0.3 is 4.74 Å². The third kappa shape index (κ3) is 1.92. The van der Waals surface area contributed by atoms with E-state index in [1.54, 1.807) is 6.92 Å². The van der Waals surface area contributed by atoms with E-state index in [4.69, 9.17) is 4.74 Å². The van der Waals surface area contributed by atoms with E-state index >= 15 is 0 Å². The van der Waals surface area contributed by atoms with Crippen molar-refractivity contribution in [2.45, 2.75) is 39.0 Å². The van der Waals surface area contributed by atoms with Crippen molar-refractivity contribution in [2.24, 2.45) is 17.8 Å². The highest BCUT2D eigenvalue weighted by atomic mass is 16.5. The molecule has 2 aliphatic carbocycles. The van der Waals surface area contributed by atoms with Crippen molar-refractivity contribution >= 4 is 11.8 Å². The first-order chi connectivity index (χ1) is 7.24. The van der Waals surface area contributed by atoms with Crippen LogP contribution in [0.1, 0.15) is 39.0 Å². The zero-order valence-electron chi connectivity index (χ0n) is 9.20. The minimum Gasteiger partial charge on any atom is -0.465 e. The van der Waals surface area contributed by atoms with E-state index in [9.17, 15) is 9.59 Å². The third-order valence-corrected chi connectivity index (χ3v) is 3.77. The van der Waals surface area contributed by atoms with Gasteiger partial charge in [0.25, 0.3) is 0 Å². The lowest BCUT2D eigenvalue weighted by atomic mass is 9.75. The van der Waals surface area contributed by atoms with Crippen molar-refractivity contribution in [3.05, 3.63) is 0 Å². The monoisotopic (exact) mass is 210 g/mol. The maximum Gasteiger partial charge on any atom is 0.316 e. The maximum atomic E-state index is 12.0. The van der Waals surface area contributed by atoms with Crippen molar-refractivity contribution in [1.29, 1.82) is 0 Å². The molecule has 3 nitrogen and oxygen atoms in total. The molecular weight excluding hydrogens is 192 g/mol. The second-order valence-corrected chi connectivity index (χ2v) is 4.58. The number of ketones is 1. The predicted octanol–water partition coefficient (Wildman–Crippen LogP) is 1.94. The Hall–Kier alpha value is -0.860. The molecule has 0 aromatic rings. The molecule has 2 rings (SSSR count). The molecule has 0 saturated heterocycles. The van der Waals surface area contributed by atoms with Crippen LogP contribution in [0.5, 0.6) is 0 Å². The number of fused-ring (bicyclic) bond motifs is 1. The molecule has 84 valence electrons. The van der Waals surface area contributed by atoms with Crippen LogP contribution in [-0.4, -0.2) is 18.4 Å². The van der Waals surface area contributed by atoms with Gasteiger partial charge in [0.15, 0.2) is 0 Å². The summed E-state index contributed by atoms with van der Waals surface area (Å²) < 4.78 is 4.94. The largest absolute Gasteiger partial charge is 0.465 e. The smallest absolute Gasteiger partial charge is 0.316 e. The van der Waals surface area contributed by atoms with Crippen LogP contribution in [0.25, 0.3) is 0 Å². The first kappa shape index (κ1) is 10.7. The second kappa shape index (κ2) is 4.33. The van der Waals surface area contributed by atoms with Gasteiger partial charge in [-0.2, -0.15) is 0 Å². The normalized spacial score (nSPS) is 35.0. The van der Waals surface area contributed by atoms with Crippen LogP contribution in [-0.2, 0) is 14.3 Å². The van der Waals surface area contributed by atoms with Crippen LogP contribution in [0.2, 0.25) is 0 Å². The van der Waals surface area contributed by atoms with Crippen molar-refractivity contribution < 1.29 is 14.3 Å². The number of esters is 1. The molecule has 15 heavy (non-hydrogen) atoms. The molecule has 0 heterocycles. The average molecular weight is 210 g/mol. The molecule has 0 aromatic carbocycles. The fourth-order valence-electron chi connectivity index (χ4n) is 3.02. The van der Waals surface area contributed by atoms with Gasteiger partial charge in [0.05, 0.1) is 6.61 Å². The zero-order chi connectivity index (χ0) is 10.8. The van der Waals surface area contributed by atoms with Crippen molar-refractivity contribution in [2.75, 3.05) is 6.61 Å². The molecule has 2 saturated carbocycles. The molecule has 2 fully saturated rings. The number of hydrogen-bond donors (Lipinski definition) is 0. The van der Waals surface area contributed by atoms with E-state index in [1.807, 2.05) is 0 Å². The van der Waals surface area contributed by atoms with Crippen LogP contribution >= 0.6 is 0 Å². The van der Waals surface area contributed by atoms with Gasteiger partial charge in [-0.1, -0.05) is 6.42 Å². The van der Waals surface area contributed by atoms with Crippen molar-refractivity contribution in [3.8, 4) is 0 Å². The summed E-state index contributed by atoms with van der Waals surface area (Å²) in [6.07, 6.45) is 5.04. The Kier molecular flexibility index (Phi) is 3.08. The highest BCUT2D eigenvalue weighted by Gasteiger charge is 2.43. The lowest BCUT2D eigenvalue weighted by Crippen LogP contribution is -2.37. The predicted molar refractivity (Wildman–Crippen MR) is 55.2 cm³/mol. The molecule has 0 bridgehead atoms. The Labute approximate surface area is 90.2 Å². The van der Waals surface area contributed by atoms with Gasteiger partial charge in [0.2, 0.25) is 0 Å². The van der Waals surface area contributed by atoms with Gasteiger partial charge in [0.1, 0.15) is 11.7 Å². The van der Waals surface area contributed by atoms with Gasteiger partial charge in [-0.3, -0.25) is 9.59 Å². The Balaban J connectivity index is 2.03. The molecule has 3 atom stereocenters. The SMILES string of the molecule is CCOC(=O)C1CCC2CCCC2C1=O. The molecule has 3 heteroatoms. The van der Waals surface area contributed by atoms with Crippen molar-refractivity contribution in [3.63, 3.8) is 0 Å². The number of carbonyl (C=O) groups excluding carboxylic acids is 2. The lowest BCUT2D eigenvalue weighted by molar-refractivity contribution is -0.154. The topological polar surface area (TPSA) is 43.4 Å². The second-order valence-electron chi connectivity index (χ2n) is 4.58. The summed E-state index contributed by atoms with van der Waals surface area (Å²) in [5.41, 5.74) is 0. The fourth-order valence-corrected chi connectivity index (χ4v) is 3.02. The summed E-state index contributed by atoms with van der Waals surface area (Å²) in [5.74, 6) is 0.121. The first-order valence-electron chi connectivity index (χ1n) is 5.94. The van der Waals surface area contributed by atoms with Crippen LogP contribution in [0.3, 0.4) is 0 Å². The molecule has 0 spiro atoms. The van der Waals surface area contributed by atoms with Gasteiger partial charge in [0, 0.05) is 5.92 Å². The maximum absolute atomic E-state index is 12.0. The first-order valence-corrected chi connectivity index (χ1v) is 5.94. The molecule has 0 amide bonds. The van der Waals surface area contributed by atoms with Crippen LogP contribution in [0.15, 0.2) is 0 Å². The van der Waals surface area contributed by atoms with Gasteiger partial charge in [-0.05, 0) is 38.5 Å². The number of rotatable bonds is 2. The van der Waals surface area contributed by atoms with Crippen molar-refractivity contribution in [1.82, 2.24) is 0 Å². The summed E-state index contributed by atoms with van der Waals surface area (Å²) in [6, 6.07) is 0. The highest BCUT2D eigenvalue weighted by Crippen LogP contribution is 2.42. The number of ether oxygens (including phenoxy) is 1. The molecule has 0 N–H and O–H groups in total. The number of hydrogen-bond acceptors (Lipinski definition) is 3. The zero-order valence-corrected chi connectivity index (χ0v) is 9.20. The lowest BCUT2D eigenvalue weighted by Gasteiger charge is -2.28. The molecule has 0 radical (unpaired) electrons. The quantitative estimate of drug-likeness (QED) is 0.517. The van der Waals surface area contributed by atoms with Gasteiger partial charge >= 0.3 is 5.97 Å². The minimum absolute atomic E-state index is 0.155. The summed E-state index contributed by atoms with van der Waals surface area (Å²) in [7, 11) is 0. The molecule has 3 unspecified atom stereocenters. The van der Waals surface area contributed by atoms with E-state index in [-0.39, 0.29) is 17.7 Å². The number of carbonyl (C=O) groups is 2. The Morgan fingerprint density at radius 3 is 2.87 bits per heavy atom.